The van der Waals surface area contributed by atoms with Crippen LogP contribution in [0.1, 0.15) is 76.3 Å². The number of rotatable bonds is 5. The van der Waals surface area contributed by atoms with E-state index in [2.05, 4.69) is 107 Å². The minimum atomic E-state index is 0. The van der Waals surface area contributed by atoms with Crippen molar-refractivity contribution in [2.24, 2.45) is 9.98 Å². The van der Waals surface area contributed by atoms with Crippen LogP contribution in [0, 0.1) is 13.0 Å². The number of nitrogens with zero attached hydrogens (tertiary/aromatic N) is 4. The molecule has 0 saturated heterocycles. The summed E-state index contributed by atoms with van der Waals surface area (Å²) in [6, 6.07) is 14.1. The number of hydrogen-bond acceptors (Lipinski definition) is 2. The van der Waals surface area contributed by atoms with Crippen molar-refractivity contribution in [2.45, 2.75) is 67.2 Å². The molecule has 6 rings (SSSR count). The summed E-state index contributed by atoms with van der Waals surface area (Å²) in [4.78, 5) is 15.5. The van der Waals surface area contributed by atoms with E-state index in [0.717, 1.165) is 76.1 Å². The molecule has 1 aromatic carbocycles. The van der Waals surface area contributed by atoms with E-state index in [0.29, 0.717) is 0 Å². The van der Waals surface area contributed by atoms with Crippen molar-refractivity contribution in [3.05, 3.63) is 115 Å². The molecule has 0 unspecified atom stereocenters. The van der Waals surface area contributed by atoms with E-state index in [4.69, 9.17) is 15.0 Å². The molecule has 8 bridgehead atoms. The van der Waals surface area contributed by atoms with Gasteiger partial charge in [0.05, 0.1) is 17.1 Å². The van der Waals surface area contributed by atoms with Gasteiger partial charge in [-0.15, -0.1) is 29.1 Å². The molecule has 0 N–H and O–H groups in total. The van der Waals surface area contributed by atoms with E-state index in [1.54, 1.807) is 0 Å². The number of benzene rings is 1. The summed E-state index contributed by atoms with van der Waals surface area (Å²) >= 11 is 0. The Morgan fingerprint density at radius 1 is 0.732 bits per heavy atom. The molecule has 5 heteroatoms. The van der Waals surface area contributed by atoms with E-state index in [1.165, 1.54) is 33.4 Å². The van der Waals surface area contributed by atoms with Crippen LogP contribution in [-0.4, -0.2) is 16.0 Å². The van der Waals surface area contributed by atoms with E-state index >= 15 is 0 Å². The predicted octanol–water partition coefficient (Wildman–Crippen LogP) is 6.70. The standard InChI is InChI=1S/C36H36N4.Ni/c1-7-27-22(5)31-17-24-16-26(40(21-24)25-14-12-11-13-15-25)18-32-23(6)28(8-2)34(38-32)20-36-30(10-4)29(9-3)35(39-36)19-33(27)37-31;/h11-15,17-21H,7-10H2,1-6H3;/q-2;+2. The first-order valence-electron chi connectivity index (χ1n) is 14.5. The third-order valence-corrected chi connectivity index (χ3v) is 8.36. The van der Waals surface area contributed by atoms with E-state index < -0.39 is 0 Å². The molecule has 5 heterocycles. The minimum absolute atomic E-state index is 0. The van der Waals surface area contributed by atoms with Gasteiger partial charge in [-0.05, 0) is 85.7 Å². The van der Waals surface area contributed by atoms with Crippen molar-refractivity contribution < 1.29 is 16.5 Å². The molecule has 41 heavy (non-hydrogen) atoms. The van der Waals surface area contributed by atoms with Crippen LogP contribution in [0.5, 0.6) is 0 Å². The molecule has 0 amide bonds. The first-order chi connectivity index (χ1) is 19.4. The van der Waals surface area contributed by atoms with Gasteiger partial charge in [0.25, 0.3) is 0 Å². The van der Waals surface area contributed by atoms with E-state index in [9.17, 15) is 0 Å². The molecule has 0 atom stereocenters. The topological polar surface area (TPSA) is 43.8 Å². The molecule has 0 fully saturated rings. The molecular weight excluding hydrogens is 547 g/mol. The normalized spacial score (nSPS) is 16.0. The van der Waals surface area contributed by atoms with Crippen LogP contribution in [0.3, 0.4) is 0 Å². The smallest absolute Gasteiger partial charge is 0.665 e. The van der Waals surface area contributed by atoms with Crippen molar-refractivity contribution in [2.75, 3.05) is 0 Å². The predicted molar refractivity (Wildman–Crippen MR) is 167 cm³/mol. The van der Waals surface area contributed by atoms with Gasteiger partial charge >= 0.3 is 16.5 Å². The van der Waals surface area contributed by atoms with Gasteiger partial charge in [0.15, 0.2) is 0 Å². The number of hydrogen-bond donors (Lipinski definition) is 0. The van der Waals surface area contributed by atoms with Crippen LogP contribution in [0.15, 0.2) is 86.3 Å². The zero-order valence-electron chi connectivity index (χ0n) is 24.7. The second-order valence-electron chi connectivity index (χ2n) is 10.6. The van der Waals surface area contributed by atoms with Crippen molar-refractivity contribution in [3.8, 4) is 5.69 Å². The van der Waals surface area contributed by atoms with Crippen molar-refractivity contribution in [1.82, 2.24) is 9.55 Å². The molecule has 3 aliphatic rings. The fourth-order valence-electron chi connectivity index (χ4n) is 6.24. The van der Waals surface area contributed by atoms with Gasteiger partial charge < -0.3 is 9.55 Å². The number of fused-ring (bicyclic) bond motifs is 6. The molecule has 4 nitrogen and oxygen atoms in total. The molecule has 3 aromatic rings. The third-order valence-electron chi connectivity index (χ3n) is 8.36. The van der Waals surface area contributed by atoms with E-state index in [-0.39, 0.29) is 16.5 Å². The second-order valence-corrected chi connectivity index (χ2v) is 10.6. The van der Waals surface area contributed by atoms with Crippen molar-refractivity contribution >= 4 is 29.7 Å². The van der Waals surface area contributed by atoms with Crippen molar-refractivity contribution in [1.29, 1.82) is 0 Å². The molecule has 0 radical (unpaired) electrons. The van der Waals surface area contributed by atoms with Crippen LogP contribution < -0.4 is 15.7 Å². The maximum Gasteiger partial charge on any atom is 2.00 e. The molecule has 0 spiro atoms. The maximum absolute atomic E-state index is 5.20. The van der Waals surface area contributed by atoms with Crippen LogP contribution in [-0.2, 0) is 22.9 Å². The Morgan fingerprint density at radius 3 is 2.10 bits per heavy atom. The van der Waals surface area contributed by atoms with Gasteiger partial charge in [-0.25, -0.2) is 4.99 Å². The number of aliphatic imine (C=N–C) groups is 2. The fourth-order valence-corrected chi connectivity index (χ4v) is 6.24. The average Bonchev–Trinajstić information content (AvgIpc) is 3.67. The minimum Gasteiger partial charge on any atom is -0.665 e. The Bertz CT molecular complexity index is 1830. The van der Waals surface area contributed by atoms with Gasteiger partial charge in [0.2, 0.25) is 0 Å². The maximum atomic E-state index is 5.20. The Hall–Kier alpha value is -3.69. The summed E-state index contributed by atoms with van der Waals surface area (Å²) in [5.41, 5.74) is 14.8. The summed E-state index contributed by atoms with van der Waals surface area (Å²) in [5, 5.41) is 2.00. The average molecular weight is 583 g/mol. The van der Waals surface area contributed by atoms with Gasteiger partial charge in [0, 0.05) is 11.4 Å². The zero-order valence-corrected chi connectivity index (χ0v) is 25.7. The van der Waals surface area contributed by atoms with E-state index in [1.807, 2.05) is 6.07 Å². The number of allylic oxidation sites excluding steroid dienone is 5. The van der Waals surface area contributed by atoms with Gasteiger partial charge in [-0.1, -0.05) is 69.3 Å². The zero-order chi connectivity index (χ0) is 28.0. The monoisotopic (exact) mass is 582 g/mol. The summed E-state index contributed by atoms with van der Waals surface area (Å²) in [6.07, 6.45) is 14.6. The first-order valence-corrected chi connectivity index (χ1v) is 14.5. The molecule has 210 valence electrons. The second kappa shape index (κ2) is 11.7. The Kier molecular flexibility index (Phi) is 8.20. The van der Waals surface area contributed by atoms with Crippen LogP contribution in [0.2, 0.25) is 0 Å². The summed E-state index contributed by atoms with van der Waals surface area (Å²) in [7, 11) is 0. The summed E-state index contributed by atoms with van der Waals surface area (Å²) < 4.78 is 2.20. The van der Waals surface area contributed by atoms with Crippen LogP contribution in [0.25, 0.3) is 23.9 Å². The van der Waals surface area contributed by atoms with Gasteiger partial charge in [-0.3, -0.25) is 4.99 Å². The first kappa shape index (κ1) is 28.8. The largest absolute Gasteiger partial charge is 2.00 e. The molecule has 0 saturated carbocycles. The Morgan fingerprint density at radius 2 is 1.41 bits per heavy atom. The molecule has 3 aliphatic heterocycles. The van der Waals surface area contributed by atoms with Crippen LogP contribution in [0.4, 0.5) is 0 Å². The quantitative estimate of drug-likeness (QED) is 0.244. The van der Waals surface area contributed by atoms with Crippen molar-refractivity contribution in [3.63, 3.8) is 0 Å². The van der Waals surface area contributed by atoms with Gasteiger partial charge in [0.1, 0.15) is 0 Å². The van der Waals surface area contributed by atoms with Gasteiger partial charge in [-0.2, -0.15) is 5.35 Å². The Labute approximate surface area is 253 Å². The SMILES string of the molecule is CCC1=C(C)C2=Cc3[c-]c(n(-c4ccccc4)c3)C=c3[n-]c(c(CC)c3C)=CC3=NC(=CC1=N2)C(CC)=C3CC.[Ni+2]. The summed E-state index contributed by atoms with van der Waals surface area (Å²) in [5.74, 6) is 0. The number of para-hydroxylation sites is 1. The molecule has 0 aliphatic carbocycles. The molecule has 2 aromatic heterocycles. The number of aromatic nitrogens is 2. The summed E-state index contributed by atoms with van der Waals surface area (Å²) in [6.45, 7) is 13.2. The Balaban J connectivity index is 0.00000337. The fraction of sp³-hybridized carbons (Fsp3) is 0.278. The molecular formula is C36H36N4Ni. The third kappa shape index (κ3) is 5.02. The van der Waals surface area contributed by atoms with Crippen LogP contribution >= 0.6 is 0 Å².